The summed E-state index contributed by atoms with van der Waals surface area (Å²) in [5, 5.41) is 0. The zero-order valence-corrected chi connectivity index (χ0v) is 10.1. The van der Waals surface area contributed by atoms with Crippen LogP contribution in [0.2, 0.25) is 0 Å². The lowest BCUT2D eigenvalue weighted by Crippen LogP contribution is -1.95. The molecule has 2 unspecified atom stereocenters. The summed E-state index contributed by atoms with van der Waals surface area (Å²) < 4.78 is 0. The van der Waals surface area contributed by atoms with Crippen LogP contribution in [0.3, 0.4) is 0 Å². The number of hydrogen-bond donors (Lipinski definition) is 0. The summed E-state index contributed by atoms with van der Waals surface area (Å²) in [6.45, 7) is 11.5. The van der Waals surface area contributed by atoms with Crippen molar-refractivity contribution in [1.29, 1.82) is 0 Å². The van der Waals surface area contributed by atoms with Crippen molar-refractivity contribution in [1.82, 2.24) is 0 Å². The second kappa shape index (κ2) is 7.17. The molecule has 0 heteroatoms. The van der Waals surface area contributed by atoms with E-state index >= 15 is 0 Å². The van der Waals surface area contributed by atoms with Crippen LogP contribution in [0.4, 0.5) is 0 Å². The third kappa shape index (κ3) is 6.86. The molecular weight excluding hydrogens is 156 g/mol. The average Bonchev–Trinajstić information content (AvgIpc) is 2.04. The first-order valence-corrected chi connectivity index (χ1v) is 5.77. The lowest BCUT2D eigenvalue weighted by atomic mass is 9.96. The SMILES string of the molecule is CCCC(C)/C=C(/C)CC(C)CC. The second-order valence-electron chi connectivity index (χ2n) is 4.50. The first-order valence-electron chi connectivity index (χ1n) is 5.77. The Morgan fingerprint density at radius 2 is 1.85 bits per heavy atom. The van der Waals surface area contributed by atoms with Crippen LogP contribution in [0.25, 0.3) is 0 Å². The Balaban J connectivity index is 3.85. The fourth-order valence-corrected chi connectivity index (χ4v) is 1.79. The van der Waals surface area contributed by atoms with E-state index in [1.807, 2.05) is 0 Å². The summed E-state index contributed by atoms with van der Waals surface area (Å²) in [6, 6.07) is 0. The predicted molar refractivity (Wildman–Crippen MR) is 61.9 cm³/mol. The van der Waals surface area contributed by atoms with Crippen LogP contribution < -0.4 is 0 Å². The van der Waals surface area contributed by atoms with Crippen LogP contribution in [0.1, 0.15) is 60.3 Å². The summed E-state index contributed by atoms with van der Waals surface area (Å²) in [6.07, 6.45) is 7.67. The standard InChI is InChI=1S/C13H26/c1-6-8-12(4)10-13(5)9-11(3)7-2/h10-12H,6-9H2,1-5H3/b13-10-. The Kier molecular flexibility index (Phi) is 7.03. The van der Waals surface area contributed by atoms with Crippen molar-refractivity contribution in [2.24, 2.45) is 11.8 Å². The highest BCUT2D eigenvalue weighted by Gasteiger charge is 2.01. The largest absolute Gasteiger partial charge is 0.0828 e. The summed E-state index contributed by atoms with van der Waals surface area (Å²) in [4.78, 5) is 0. The monoisotopic (exact) mass is 182 g/mol. The molecule has 0 nitrogen and oxygen atoms in total. The molecule has 0 heterocycles. The van der Waals surface area contributed by atoms with Crippen molar-refractivity contribution in [3.63, 3.8) is 0 Å². The van der Waals surface area contributed by atoms with Gasteiger partial charge in [-0.1, -0.05) is 52.2 Å². The molecule has 0 N–H and O–H groups in total. The molecule has 13 heavy (non-hydrogen) atoms. The smallest absolute Gasteiger partial charge is 0.0259 e. The Morgan fingerprint density at radius 3 is 2.31 bits per heavy atom. The maximum absolute atomic E-state index is 2.45. The van der Waals surface area contributed by atoms with Gasteiger partial charge in [-0.2, -0.15) is 0 Å². The molecule has 0 aromatic carbocycles. The molecule has 0 spiro atoms. The van der Waals surface area contributed by atoms with Crippen molar-refractivity contribution in [2.75, 3.05) is 0 Å². The quantitative estimate of drug-likeness (QED) is 0.517. The van der Waals surface area contributed by atoms with E-state index in [0.717, 1.165) is 11.8 Å². The molecular formula is C13H26. The lowest BCUT2D eigenvalue weighted by Gasteiger charge is -2.11. The van der Waals surface area contributed by atoms with Gasteiger partial charge in [0.2, 0.25) is 0 Å². The van der Waals surface area contributed by atoms with Gasteiger partial charge in [0.1, 0.15) is 0 Å². The molecule has 0 aliphatic heterocycles. The van der Waals surface area contributed by atoms with Crippen molar-refractivity contribution >= 4 is 0 Å². The van der Waals surface area contributed by atoms with Gasteiger partial charge in [0.05, 0.1) is 0 Å². The van der Waals surface area contributed by atoms with Gasteiger partial charge >= 0.3 is 0 Å². The van der Waals surface area contributed by atoms with Crippen LogP contribution >= 0.6 is 0 Å². The van der Waals surface area contributed by atoms with Crippen LogP contribution in [0, 0.1) is 11.8 Å². The molecule has 0 rings (SSSR count). The topological polar surface area (TPSA) is 0 Å². The van der Waals surface area contributed by atoms with Gasteiger partial charge < -0.3 is 0 Å². The first kappa shape index (κ1) is 12.7. The third-order valence-corrected chi connectivity index (χ3v) is 2.68. The number of hydrogen-bond acceptors (Lipinski definition) is 0. The zero-order valence-electron chi connectivity index (χ0n) is 10.1. The van der Waals surface area contributed by atoms with E-state index in [1.165, 1.54) is 25.7 Å². The highest BCUT2D eigenvalue weighted by molar-refractivity contribution is 5.01. The van der Waals surface area contributed by atoms with Gasteiger partial charge in [-0.15, -0.1) is 0 Å². The van der Waals surface area contributed by atoms with E-state index in [2.05, 4.69) is 40.7 Å². The van der Waals surface area contributed by atoms with Gasteiger partial charge in [-0.05, 0) is 31.6 Å². The van der Waals surface area contributed by atoms with E-state index in [-0.39, 0.29) is 0 Å². The molecule has 0 aliphatic carbocycles. The summed E-state index contributed by atoms with van der Waals surface area (Å²) in [5.74, 6) is 1.62. The Labute approximate surface area is 84.4 Å². The zero-order chi connectivity index (χ0) is 10.3. The van der Waals surface area contributed by atoms with Crippen LogP contribution in [0.15, 0.2) is 11.6 Å². The van der Waals surface area contributed by atoms with Crippen molar-refractivity contribution < 1.29 is 0 Å². The molecule has 0 saturated heterocycles. The molecule has 2 atom stereocenters. The molecule has 0 saturated carbocycles. The number of rotatable bonds is 6. The average molecular weight is 182 g/mol. The minimum Gasteiger partial charge on any atom is -0.0828 e. The second-order valence-corrected chi connectivity index (χ2v) is 4.50. The molecule has 0 aromatic heterocycles. The molecule has 0 radical (unpaired) electrons. The molecule has 0 aliphatic rings. The predicted octanol–water partition coefficient (Wildman–Crippen LogP) is 4.81. The van der Waals surface area contributed by atoms with Crippen LogP contribution in [-0.2, 0) is 0 Å². The fourth-order valence-electron chi connectivity index (χ4n) is 1.79. The van der Waals surface area contributed by atoms with Crippen LogP contribution in [0.5, 0.6) is 0 Å². The molecule has 0 aromatic rings. The van der Waals surface area contributed by atoms with Crippen molar-refractivity contribution in [3.8, 4) is 0 Å². The first-order chi connectivity index (χ1) is 6.10. The summed E-state index contributed by atoms with van der Waals surface area (Å²) in [5.41, 5.74) is 1.58. The van der Waals surface area contributed by atoms with Gasteiger partial charge in [0, 0.05) is 0 Å². The van der Waals surface area contributed by atoms with E-state index in [0.29, 0.717) is 0 Å². The van der Waals surface area contributed by atoms with Gasteiger partial charge in [-0.25, -0.2) is 0 Å². The third-order valence-electron chi connectivity index (χ3n) is 2.68. The van der Waals surface area contributed by atoms with Gasteiger partial charge in [0.25, 0.3) is 0 Å². The maximum atomic E-state index is 2.45. The van der Waals surface area contributed by atoms with Crippen molar-refractivity contribution in [3.05, 3.63) is 11.6 Å². The van der Waals surface area contributed by atoms with Gasteiger partial charge in [-0.3, -0.25) is 0 Å². The molecule has 0 amide bonds. The molecule has 0 fully saturated rings. The van der Waals surface area contributed by atoms with E-state index in [1.54, 1.807) is 5.57 Å². The highest BCUT2D eigenvalue weighted by atomic mass is 14.1. The molecule has 0 bridgehead atoms. The minimum atomic E-state index is 0.772. The van der Waals surface area contributed by atoms with E-state index < -0.39 is 0 Å². The lowest BCUT2D eigenvalue weighted by molar-refractivity contribution is 0.549. The highest BCUT2D eigenvalue weighted by Crippen LogP contribution is 2.17. The Bertz CT molecular complexity index is 144. The molecule has 78 valence electrons. The fraction of sp³-hybridized carbons (Fsp3) is 0.846. The summed E-state index contributed by atoms with van der Waals surface area (Å²) >= 11 is 0. The Hall–Kier alpha value is -0.260. The van der Waals surface area contributed by atoms with E-state index in [9.17, 15) is 0 Å². The normalized spacial score (nSPS) is 17.2. The Morgan fingerprint density at radius 1 is 1.23 bits per heavy atom. The number of allylic oxidation sites excluding steroid dienone is 2. The van der Waals surface area contributed by atoms with Crippen LogP contribution in [-0.4, -0.2) is 0 Å². The van der Waals surface area contributed by atoms with Gasteiger partial charge in [0.15, 0.2) is 0 Å². The maximum Gasteiger partial charge on any atom is -0.0259 e. The minimum absolute atomic E-state index is 0.772. The van der Waals surface area contributed by atoms with E-state index in [4.69, 9.17) is 0 Å². The van der Waals surface area contributed by atoms with Crippen molar-refractivity contribution in [2.45, 2.75) is 60.3 Å². The summed E-state index contributed by atoms with van der Waals surface area (Å²) in [7, 11) is 0.